The number of benzene rings is 2. The molecule has 32 heavy (non-hydrogen) atoms. The van der Waals surface area contributed by atoms with E-state index in [4.69, 9.17) is 5.10 Å². The molecule has 3 aromatic heterocycles. The molecule has 6 heteroatoms. The summed E-state index contributed by atoms with van der Waals surface area (Å²) in [6.07, 6.45) is 3.42. The van der Waals surface area contributed by atoms with Crippen LogP contribution in [0.25, 0.3) is 27.9 Å². The number of carbonyl (C=O) groups is 1. The Bertz CT molecular complexity index is 1380. The quantitative estimate of drug-likeness (QED) is 0.427. The molecule has 0 unspecified atom stereocenters. The molecule has 1 amide bonds. The molecule has 0 saturated heterocycles. The molecule has 2 aromatic carbocycles. The normalized spacial score (nSPS) is 10.9. The van der Waals surface area contributed by atoms with Crippen LogP contribution in [0, 0.1) is 5.82 Å². The summed E-state index contributed by atoms with van der Waals surface area (Å²) in [5.41, 5.74) is 5.41. The van der Waals surface area contributed by atoms with Crippen molar-refractivity contribution in [2.75, 3.05) is 0 Å². The van der Waals surface area contributed by atoms with E-state index in [1.165, 1.54) is 12.1 Å². The van der Waals surface area contributed by atoms with E-state index in [0.717, 1.165) is 27.8 Å². The molecular weight excluding hydrogens is 403 g/mol. The van der Waals surface area contributed by atoms with E-state index in [-0.39, 0.29) is 11.7 Å². The fraction of sp³-hybridized carbons (Fsp3) is 0.0385. The average Bonchev–Trinajstić information content (AvgIpc) is 3.24. The number of aromatic nitrogens is 3. The Balaban J connectivity index is 1.62. The number of hydrogen-bond donors (Lipinski definition) is 1. The van der Waals surface area contributed by atoms with Crippen LogP contribution in [0.15, 0.2) is 97.3 Å². The first-order valence-electron chi connectivity index (χ1n) is 10.2. The maximum atomic E-state index is 13.5. The lowest BCUT2D eigenvalue weighted by molar-refractivity contribution is 0.0943. The van der Waals surface area contributed by atoms with Gasteiger partial charge < -0.3 is 5.32 Å². The highest BCUT2D eigenvalue weighted by atomic mass is 19.1. The molecule has 0 saturated carbocycles. The molecule has 0 spiro atoms. The SMILES string of the molecule is O=C(NCc1ccccc1)c1cccc2c(-c3ccncc3)c(-c3ccc(F)cc3)nn12. The van der Waals surface area contributed by atoms with E-state index in [1.807, 2.05) is 54.6 Å². The third-order valence-electron chi connectivity index (χ3n) is 5.27. The summed E-state index contributed by atoms with van der Waals surface area (Å²) in [7, 11) is 0. The van der Waals surface area contributed by atoms with Gasteiger partial charge in [0.15, 0.2) is 0 Å². The smallest absolute Gasteiger partial charge is 0.270 e. The van der Waals surface area contributed by atoms with Gasteiger partial charge in [-0.25, -0.2) is 8.91 Å². The van der Waals surface area contributed by atoms with Gasteiger partial charge in [0, 0.05) is 30.1 Å². The summed E-state index contributed by atoms with van der Waals surface area (Å²) >= 11 is 0. The number of pyridine rings is 2. The van der Waals surface area contributed by atoms with Crippen LogP contribution in [-0.2, 0) is 6.54 Å². The van der Waals surface area contributed by atoms with Crippen molar-refractivity contribution in [3.63, 3.8) is 0 Å². The predicted octanol–water partition coefficient (Wildman–Crippen LogP) is 5.13. The third kappa shape index (κ3) is 3.74. The molecule has 0 fully saturated rings. The maximum absolute atomic E-state index is 13.5. The van der Waals surface area contributed by atoms with Gasteiger partial charge in [-0.05, 0) is 59.7 Å². The monoisotopic (exact) mass is 422 g/mol. The summed E-state index contributed by atoms with van der Waals surface area (Å²) < 4.78 is 15.2. The van der Waals surface area contributed by atoms with Crippen molar-refractivity contribution in [3.05, 3.63) is 114 Å². The topological polar surface area (TPSA) is 59.3 Å². The van der Waals surface area contributed by atoms with Gasteiger partial charge in [-0.15, -0.1) is 0 Å². The molecule has 5 aromatic rings. The molecule has 0 atom stereocenters. The van der Waals surface area contributed by atoms with Crippen molar-refractivity contribution in [1.82, 2.24) is 19.9 Å². The first-order valence-corrected chi connectivity index (χ1v) is 10.2. The number of rotatable bonds is 5. The number of nitrogens with one attached hydrogen (secondary N) is 1. The first-order chi connectivity index (χ1) is 15.7. The van der Waals surface area contributed by atoms with Crippen LogP contribution < -0.4 is 5.32 Å². The second kappa shape index (κ2) is 8.43. The lowest BCUT2D eigenvalue weighted by Crippen LogP contribution is -2.25. The minimum atomic E-state index is -0.316. The fourth-order valence-corrected chi connectivity index (χ4v) is 3.72. The lowest BCUT2D eigenvalue weighted by atomic mass is 10.0. The Morgan fingerprint density at radius 1 is 0.844 bits per heavy atom. The Labute approximate surface area is 184 Å². The molecule has 0 aliphatic rings. The van der Waals surface area contributed by atoms with Crippen LogP contribution in [0.3, 0.4) is 0 Å². The molecular formula is C26H19FN4O. The Kier molecular flexibility index (Phi) is 5.17. The zero-order chi connectivity index (χ0) is 21.9. The van der Waals surface area contributed by atoms with Crippen molar-refractivity contribution >= 4 is 11.4 Å². The Morgan fingerprint density at radius 2 is 1.59 bits per heavy atom. The van der Waals surface area contributed by atoms with Gasteiger partial charge in [0.25, 0.3) is 5.91 Å². The molecule has 3 heterocycles. The maximum Gasteiger partial charge on any atom is 0.270 e. The predicted molar refractivity (Wildman–Crippen MR) is 121 cm³/mol. The van der Waals surface area contributed by atoms with E-state index < -0.39 is 0 Å². The third-order valence-corrected chi connectivity index (χ3v) is 5.27. The van der Waals surface area contributed by atoms with E-state index in [0.29, 0.717) is 17.9 Å². The molecule has 0 bridgehead atoms. The Morgan fingerprint density at radius 3 is 2.34 bits per heavy atom. The highest BCUT2D eigenvalue weighted by Crippen LogP contribution is 2.35. The number of carbonyl (C=O) groups excluding carboxylic acids is 1. The number of hydrogen-bond acceptors (Lipinski definition) is 3. The summed E-state index contributed by atoms with van der Waals surface area (Å²) in [5.74, 6) is -0.544. The van der Waals surface area contributed by atoms with Crippen molar-refractivity contribution in [3.8, 4) is 22.4 Å². The first kappa shape index (κ1) is 19.6. The second-order valence-electron chi connectivity index (χ2n) is 7.34. The number of nitrogens with zero attached hydrogens (tertiary/aromatic N) is 3. The standard InChI is InChI=1S/C26H19FN4O/c27-21-11-9-20(10-12-21)25-24(19-13-15-28-16-14-19)22-7-4-8-23(31(22)30-25)26(32)29-17-18-5-2-1-3-6-18/h1-16H,17H2,(H,29,32). The van der Waals surface area contributed by atoms with Crippen molar-refractivity contribution in [1.29, 1.82) is 0 Å². The average molecular weight is 422 g/mol. The van der Waals surface area contributed by atoms with Crippen LogP contribution in [0.5, 0.6) is 0 Å². The van der Waals surface area contributed by atoms with Crippen LogP contribution in [0.1, 0.15) is 16.1 Å². The van der Waals surface area contributed by atoms with Crippen LogP contribution in [0.2, 0.25) is 0 Å². The molecule has 156 valence electrons. The lowest BCUT2D eigenvalue weighted by Gasteiger charge is -2.07. The van der Waals surface area contributed by atoms with E-state index in [9.17, 15) is 9.18 Å². The summed E-state index contributed by atoms with van der Waals surface area (Å²) in [4.78, 5) is 17.1. The van der Waals surface area contributed by atoms with Crippen molar-refractivity contribution < 1.29 is 9.18 Å². The summed E-state index contributed by atoms with van der Waals surface area (Å²) in [5, 5.41) is 7.74. The Hall–Kier alpha value is -4.32. The van der Waals surface area contributed by atoms with E-state index in [1.54, 1.807) is 35.1 Å². The number of amides is 1. The van der Waals surface area contributed by atoms with Gasteiger partial charge in [-0.3, -0.25) is 9.78 Å². The van der Waals surface area contributed by atoms with Crippen LogP contribution in [-0.4, -0.2) is 20.5 Å². The summed E-state index contributed by atoms with van der Waals surface area (Å²) in [6, 6.07) is 25.2. The molecule has 0 radical (unpaired) electrons. The van der Waals surface area contributed by atoms with Crippen LogP contribution in [0.4, 0.5) is 4.39 Å². The zero-order valence-electron chi connectivity index (χ0n) is 17.1. The fourth-order valence-electron chi connectivity index (χ4n) is 3.72. The molecule has 5 nitrogen and oxygen atoms in total. The van der Waals surface area contributed by atoms with Gasteiger partial charge in [-0.1, -0.05) is 36.4 Å². The second-order valence-corrected chi connectivity index (χ2v) is 7.34. The highest BCUT2D eigenvalue weighted by Gasteiger charge is 2.20. The van der Waals surface area contributed by atoms with Gasteiger partial charge in [-0.2, -0.15) is 5.10 Å². The zero-order valence-corrected chi connectivity index (χ0v) is 17.1. The minimum absolute atomic E-state index is 0.228. The van der Waals surface area contributed by atoms with Gasteiger partial charge in [0.2, 0.25) is 0 Å². The minimum Gasteiger partial charge on any atom is -0.347 e. The number of fused-ring (bicyclic) bond motifs is 1. The molecule has 0 aliphatic heterocycles. The van der Waals surface area contributed by atoms with E-state index >= 15 is 0 Å². The molecule has 0 aliphatic carbocycles. The summed E-state index contributed by atoms with van der Waals surface area (Å²) in [6.45, 7) is 0.416. The highest BCUT2D eigenvalue weighted by molar-refractivity contribution is 5.97. The number of halogens is 1. The van der Waals surface area contributed by atoms with E-state index in [2.05, 4.69) is 10.3 Å². The molecule has 5 rings (SSSR count). The van der Waals surface area contributed by atoms with Crippen molar-refractivity contribution in [2.24, 2.45) is 0 Å². The van der Waals surface area contributed by atoms with Crippen molar-refractivity contribution in [2.45, 2.75) is 6.54 Å². The largest absolute Gasteiger partial charge is 0.347 e. The van der Waals surface area contributed by atoms with Gasteiger partial charge >= 0.3 is 0 Å². The van der Waals surface area contributed by atoms with Crippen LogP contribution >= 0.6 is 0 Å². The van der Waals surface area contributed by atoms with Gasteiger partial charge in [0.05, 0.1) is 5.52 Å². The molecule has 1 N–H and O–H groups in total. The van der Waals surface area contributed by atoms with Gasteiger partial charge in [0.1, 0.15) is 17.2 Å².